The number of para-hydroxylation sites is 2. The van der Waals surface area contributed by atoms with Crippen molar-refractivity contribution in [2.75, 3.05) is 0 Å². The molecule has 10 rings (SSSR count). The van der Waals surface area contributed by atoms with E-state index in [1.807, 2.05) is 84.9 Å². The van der Waals surface area contributed by atoms with E-state index >= 15 is 0 Å². The van der Waals surface area contributed by atoms with Gasteiger partial charge in [-0.1, -0.05) is 133 Å². The molecule has 0 unspecified atom stereocenters. The lowest BCUT2D eigenvalue weighted by atomic mass is 9.96. The van der Waals surface area contributed by atoms with E-state index in [0.717, 1.165) is 82.8 Å². The fourth-order valence-corrected chi connectivity index (χ4v) is 6.97. The first-order valence-corrected chi connectivity index (χ1v) is 16.6. The maximum Gasteiger partial charge on any atom is 0.164 e. The van der Waals surface area contributed by atoms with Gasteiger partial charge in [0.2, 0.25) is 0 Å². The standard InChI is InChI=1S/C45H27N3O2/c1-3-12-28(13-4-1)43-46-44(29-14-5-2-6-15-29)48-45(47-43)32-17-9-16-30(26-32)33-19-11-23-39-41(33)37-21-10-20-34(42(37)50-39)31-24-25-36-35-18-7-8-22-38(35)49-40(36)27-31/h1-27H. The van der Waals surface area contributed by atoms with Crippen LogP contribution in [-0.2, 0) is 0 Å². The molecule has 0 amide bonds. The largest absolute Gasteiger partial charge is 0.456 e. The number of rotatable bonds is 5. The van der Waals surface area contributed by atoms with Gasteiger partial charge in [0.05, 0.1) is 0 Å². The first-order chi connectivity index (χ1) is 24.8. The molecule has 0 saturated heterocycles. The zero-order chi connectivity index (χ0) is 33.0. The molecule has 50 heavy (non-hydrogen) atoms. The van der Waals surface area contributed by atoms with Crippen LogP contribution in [0.25, 0.3) is 100 Å². The minimum atomic E-state index is 0.618. The predicted molar refractivity (Wildman–Crippen MR) is 202 cm³/mol. The van der Waals surface area contributed by atoms with Crippen molar-refractivity contribution in [3.05, 3.63) is 164 Å². The minimum Gasteiger partial charge on any atom is -0.456 e. The molecule has 0 N–H and O–H groups in total. The van der Waals surface area contributed by atoms with Gasteiger partial charge in [-0.15, -0.1) is 0 Å². The summed E-state index contributed by atoms with van der Waals surface area (Å²) in [7, 11) is 0. The second-order valence-electron chi connectivity index (χ2n) is 12.4. The molecule has 0 spiro atoms. The van der Waals surface area contributed by atoms with Crippen LogP contribution in [0.4, 0.5) is 0 Å². The predicted octanol–water partition coefficient (Wildman–Crippen LogP) is 12.0. The lowest BCUT2D eigenvalue weighted by Gasteiger charge is -2.10. The van der Waals surface area contributed by atoms with Crippen LogP contribution in [0.5, 0.6) is 0 Å². The van der Waals surface area contributed by atoms with E-state index in [1.165, 1.54) is 0 Å². The zero-order valence-electron chi connectivity index (χ0n) is 26.7. The maximum atomic E-state index is 6.65. The Labute approximate surface area is 287 Å². The van der Waals surface area contributed by atoms with Gasteiger partial charge in [0.1, 0.15) is 22.3 Å². The van der Waals surface area contributed by atoms with E-state index in [1.54, 1.807) is 0 Å². The van der Waals surface area contributed by atoms with Crippen LogP contribution in [-0.4, -0.2) is 15.0 Å². The van der Waals surface area contributed by atoms with E-state index in [-0.39, 0.29) is 0 Å². The van der Waals surface area contributed by atoms with Crippen LogP contribution in [0, 0.1) is 0 Å². The fraction of sp³-hybridized carbons (Fsp3) is 0. The number of benzene rings is 7. The summed E-state index contributed by atoms with van der Waals surface area (Å²) in [5.74, 6) is 1.89. The first-order valence-electron chi connectivity index (χ1n) is 16.6. The Morgan fingerprint density at radius 3 is 1.64 bits per heavy atom. The second-order valence-corrected chi connectivity index (χ2v) is 12.4. The SMILES string of the molecule is c1ccc(-c2nc(-c3ccccc3)nc(-c3cccc(-c4cccc5oc6c(-c7ccc8c(c7)oc7ccccc78)cccc6c45)c3)n2)cc1. The Morgan fingerprint density at radius 2 is 0.860 bits per heavy atom. The molecule has 0 saturated carbocycles. The highest BCUT2D eigenvalue weighted by Gasteiger charge is 2.18. The summed E-state index contributed by atoms with van der Waals surface area (Å²) in [5.41, 5.74) is 10.4. The highest BCUT2D eigenvalue weighted by Crippen LogP contribution is 2.42. The van der Waals surface area contributed by atoms with Crippen LogP contribution in [0.1, 0.15) is 0 Å². The molecule has 0 aliphatic heterocycles. The van der Waals surface area contributed by atoms with Crippen molar-refractivity contribution in [1.82, 2.24) is 15.0 Å². The molecule has 5 nitrogen and oxygen atoms in total. The van der Waals surface area contributed by atoms with Crippen molar-refractivity contribution in [3.8, 4) is 56.4 Å². The molecular weight excluding hydrogens is 615 g/mol. The summed E-state index contributed by atoms with van der Waals surface area (Å²) in [6, 6.07) is 55.7. The normalized spacial score (nSPS) is 11.6. The maximum absolute atomic E-state index is 6.65. The molecule has 234 valence electrons. The van der Waals surface area contributed by atoms with Crippen molar-refractivity contribution in [1.29, 1.82) is 0 Å². The lowest BCUT2D eigenvalue weighted by Crippen LogP contribution is -2.00. The van der Waals surface area contributed by atoms with Crippen molar-refractivity contribution in [3.63, 3.8) is 0 Å². The molecule has 7 aromatic carbocycles. The average Bonchev–Trinajstić information content (AvgIpc) is 3.77. The Hall–Kier alpha value is -6.85. The van der Waals surface area contributed by atoms with Gasteiger partial charge in [-0.2, -0.15) is 0 Å². The lowest BCUT2D eigenvalue weighted by molar-refractivity contribution is 0.668. The number of fused-ring (bicyclic) bond motifs is 6. The van der Waals surface area contributed by atoms with Gasteiger partial charge in [-0.05, 0) is 47.0 Å². The van der Waals surface area contributed by atoms with E-state index in [4.69, 9.17) is 23.8 Å². The third-order valence-electron chi connectivity index (χ3n) is 9.34. The quantitative estimate of drug-likeness (QED) is 0.187. The van der Waals surface area contributed by atoms with Gasteiger partial charge in [-0.25, -0.2) is 15.0 Å². The van der Waals surface area contributed by atoms with Crippen molar-refractivity contribution < 1.29 is 8.83 Å². The molecule has 0 aliphatic carbocycles. The number of aromatic nitrogens is 3. The third kappa shape index (κ3) is 4.67. The van der Waals surface area contributed by atoms with E-state index in [9.17, 15) is 0 Å². The molecule has 0 bridgehead atoms. The zero-order valence-corrected chi connectivity index (χ0v) is 26.7. The molecule has 0 aliphatic rings. The molecule has 3 heterocycles. The summed E-state index contributed by atoms with van der Waals surface area (Å²) >= 11 is 0. The highest BCUT2D eigenvalue weighted by molar-refractivity contribution is 6.16. The molecule has 10 aromatic rings. The molecular formula is C45H27N3O2. The summed E-state index contributed by atoms with van der Waals surface area (Å²) in [5, 5.41) is 4.35. The van der Waals surface area contributed by atoms with Crippen molar-refractivity contribution in [2.24, 2.45) is 0 Å². The van der Waals surface area contributed by atoms with Crippen LogP contribution in [0.3, 0.4) is 0 Å². The number of hydrogen-bond acceptors (Lipinski definition) is 5. The number of hydrogen-bond donors (Lipinski definition) is 0. The van der Waals surface area contributed by atoms with E-state index < -0.39 is 0 Å². The van der Waals surface area contributed by atoms with Crippen LogP contribution < -0.4 is 0 Å². The Bertz CT molecular complexity index is 2810. The smallest absolute Gasteiger partial charge is 0.164 e. The van der Waals surface area contributed by atoms with Gasteiger partial charge in [0.15, 0.2) is 17.5 Å². The van der Waals surface area contributed by atoms with Gasteiger partial charge in [0, 0.05) is 43.8 Å². The monoisotopic (exact) mass is 641 g/mol. The molecule has 0 radical (unpaired) electrons. The highest BCUT2D eigenvalue weighted by atomic mass is 16.3. The van der Waals surface area contributed by atoms with E-state index in [0.29, 0.717) is 17.5 Å². The summed E-state index contributed by atoms with van der Waals surface area (Å²) in [6.45, 7) is 0. The molecule has 0 fully saturated rings. The Kier molecular flexibility index (Phi) is 6.42. The minimum absolute atomic E-state index is 0.618. The topological polar surface area (TPSA) is 65.0 Å². The fourth-order valence-electron chi connectivity index (χ4n) is 6.97. The second kappa shape index (κ2) is 11.4. The summed E-state index contributed by atoms with van der Waals surface area (Å²) in [4.78, 5) is 14.8. The number of nitrogens with zero attached hydrogens (tertiary/aromatic N) is 3. The molecule has 0 atom stereocenters. The Morgan fingerprint density at radius 1 is 0.320 bits per heavy atom. The van der Waals surface area contributed by atoms with Crippen LogP contribution in [0.15, 0.2) is 173 Å². The van der Waals surface area contributed by atoms with Crippen LogP contribution in [0.2, 0.25) is 0 Å². The van der Waals surface area contributed by atoms with Gasteiger partial charge < -0.3 is 8.83 Å². The number of furan rings is 2. The molecule has 3 aromatic heterocycles. The summed E-state index contributed by atoms with van der Waals surface area (Å²) in [6.07, 6.45) is 0. The van der Waals surface area contributed by atoms with Crippen LogP contribution >= 0.6 is 0 Å². The summed E-state index contributed by atoms with van der Waals surface area (Å²) < 4.78 is 12.9. The first kappa shape index (κ1) is 28.2. The third-order valence-corrected chi connectivity index (χ3v) is 9.34. The average molecular weight is 642 g/mol. The Balaban J connectivity index is 1.11. The van der Waals surface area contributed by atoms with E-state index in [2.05, 4.69) is 78.9 Å². The van der Waals surface area contributed by atoms with Crippen molar-refractivity contribution in [2.45, 2.75) is 0 Å². The van der Waals surface area contributed by atoms with Gasteiger partial charge in [0.25, 0.3) is 0 Å². The van der Waals surface area contributed by atoms with Gasteiger partial charge in [-0.3, -0.25) is 0 Å². The molecule has 5 heteroatoms. The van der Waals surface area contributed by atoms with Crippen molar-refractivity contribution >= 4 is 43.9 Å². The van der Waals surface area contributed by atoms with Gasteiger partial charge >= 0.3 is 0 Å².